The fraction of sp³-hybridized carbons (Fsp3) is 0. The molecular formula is C10H7F2N3O. The summed E-state index contributed by atoms with van der Waals surface area (Å²) in [5.41, 5.74) is 6.12. The third-order valence-corrected chi connectivity index (χ3v) is 2.18. The fourth-order valence-corrected chi connectivity index (χ4v) is 1.40. The van der Waals surface area contributed by atoms with Crippen molar-refractivity contribution >= 4 is 12.1 Å². The number of benzene rings is 1. The van der Waals surface area contributed by atoms with Gasteiger partial charge in [0.15, 0.2) is 17.9 Å². The fourth-order valence-electron chi connectivity index (χ4n) is 1.40. The van der Waals surface area contributed by atoms with E-state index in [4.69, 9.17) is 5.73 Å². The first-order chi connectivity index (χ1) is 7.63. The molecule has 0 aliphatic heterocycles. The molecule has 0 unspecified atom stereocenters. The predicted octanol–water partition coefficient (Wildman–Crippen LogP) is 1.75. The molecule has 1 heterocycles. The minimum absolute atomic E-state index is 0.0204. The van der Waals surface area contributed by atoms with Crippen molar-refractivity contribution in [3.05, 3.63) is 35.5 Å². The second-order valence-electron chi connectivity index (χ2n) is 3.17. The number of carbonyl (C=O) groups is 1. The number of carbonyl (C=O) groups excluding carboxylic acids is 1. The molecule has 0 fully saturated rings. The van der Waals surface area contributed by atoms with Crippen LogP contribution in [0, 0.1) is 11.6 Å². The van der Waals surface area contributed by atoms with Gasteiger partial charge in [-0.15, -0.1) is 0 Å². The van der Waals surface area contributed by atoms with Gasteiger partial charge in [-0.2, -0.15) is 5.10 Å². The summed E-state index contributed by atoms with van der Waals surface area (Å²) in [6.45, 7) is 0. The number of rotatable bonds is 2. The molecule has 0 saturated carbocycles. The smallest absolute Gasteiger partial charge is 0.159 e. The third kappa shape index (κ3) is 1.54. The van der Waals surface area contributed by atoms with Crippen LogP contribution in [-0.2, 0) is 0 Å². The van der Waals surface area contributed by atoms with Crippen LogP contribution in [0.5, 0.6) is 0 Å². The zero-order valence-corrected chi connectivity index (χ0v) is 8.00. The van der Waals surface area contributed by atoms with Gasteiger partial charge in [-0.1, -0.05) is 0 Å². The molecule has 82 valence electrons. The minimum Gasteiger partial charge on any atom is -0.384 e. The first-order valence-corrected chi connectivity index (χ1v) is 4.37. The average Bonchev–Trinajstić information content (AvgIpc) is 2.68. The molecule has 0 atom stereocenters. The second kappa shape index (κ2) is 3.73. The summed E-state index contributed by atoms with van der Waals surface area (Å²) in [5, 5.41) is 6.09. The Morgan fingerprint density at radius 1 is 1.25 bits per heavy atom. The van der Waals surface area contributed by atoms with E-state index in [-0.39, 0.29) is 16.9 Å². The highest BCUT2D eigenvalue weighted by molar-refractivity contribution is 5.90. The lowest BCUT2D eigenvalue weighted by Crippen LogP contribution is -1.95. The second-order valence-corrected chi connectivity index (χ2v) is 3.17. The Kier molecular flexibility index (Phi) is 2.40. The van der Waals surface area contributed by atoms with E-state index in [0.717, 1.165) is 12.1 Å². The van der Waals surface area contributed by atoms with Gasteiger partial charge in [-0.25, -0.2) is 8.78 Å². The number of nitrogens with one attached hydrogen (secondary N) is 1. The number of nitrogen functional groups attached to an aromatic ring is 1. The van der Waals surface area contributed by atoms with Gasteiger partial charge in [0.25, 0.3) is 0 Å². The summed E-state index contributed by atoms with van der Waals surface area (Å²) in [6, 6.07) is 1.74. The molecule has 16 heavy (non-hydrogen) atoms. The van der Waals surface area contributed by atoms with Crippen molar-refractivity contribution < 1.29 is 13.6 Å². The normalized spacial score (nSPS) is 10.4. The molecule has 1 aromatic carbocycles. The molecule has 2 rings (SSSR count). The van der Waals surface area contributed by atoms with E-state index < -0.39 is 11.6 Å². The van der Waals surface area contributed by atoms with E-state index in [1.807, 2.05) is 0 Å². The van der Waals surface area contributed by atoms with Gasteiger partial charge in [0.1, 0.15) is 5.82 Å². The minimum atomic E-state index is -1.08. The summed E-state index contributed by atoms with van der Waals surface area (Å²) in [7, 11) is 0. The van der Waals surface area contributed by atoms with Gasteiger partial charge in [0, 0.05) is 16.7 Å². The van der Waals surface area contributed by atoms with Crippen LogP contribution < -0.4 is 5.73 Å². The maximum Gasteiger partial charge on any atom is 0.159 e. The van der Waals surface area contributed by atoms with Crippen molar-refractivity contribution in [2.75, 3.05) is 5.73 Å². The number of hydrogen-bond donors (Lipinski definition) is 2. The summed E-state index contributed by atoms with van der Waals surface area (Å²) in [5.74, 6) is -1.93. The van der Waals surface area contributed by atoms with E-state index in [1.54, 1.807) is 0 Å². The molecule has 0 bridgehead atoms. The third-order valence-electron chi connectivity index (χ3n) is 2.18. The van der Waals surface area contributed by atoms with Crippen LogP contribution in [0.4, 0.5) is 14.6 Å². The van der Waals surface area contributed by atoms with Crippen LogP contribution in [-0.4, -0.2) is 16.5 Å². The van der Waals surface area contributed by atoms with Gasteiger partial charge in [0.2, 0.25) is 0 Å². The summed E-state index contributed by atoms with van der Waals surface area (Å²) >= 11 is 0. The molecule has 0 saturated heterocycles. The Balaban J connectivity index is 2.69. The van der Waals surface area contributed by atoms with E-state index in [1.165, 1.54) is 6.20 Å². The predicted molar refractivity (Wildman–Crippen MR) is 53.7 cm³/mol. The average molecular weight is 223 g/mol. The maximum absolute atomic E-state index is 13.1. The zero-order chi connectivity index (χ0) is 11.7. The van der Waals surface area contributed by atoms with Crippen LogP contribution in [0.3, 0.4) is 0 Å². The standard InChI is InChI=1S/C10H7F2N3O/c11-8-1-5(4-16)6(2-9(8)12)7-3-14-15-10(7)13/h1-4H,(H3,13,14,15). The van der Waals surface area contributed by atoms with Gasteiger partial charge in [-0.05, 0) is 12.1 Å². The first-order valence-electron chi connectivity index (χ1n) is 4.37. The molecule has 0 aliphatic rings. The van der Waals surface area contributed by atoms with Crippen molar-refractivity contribution in [3.63, 3.8) is 0 Å². The number of anilines is 1. The number of nitrogens with two attached hydrogens (primary N) is 1. The van der Waals surface area contributed by atoms with E-state index in [0.29, 0.717) is 11.8 Å². The molecule has 3 N–H and O–H groups in total. The SMILES string of the molecule is Nc1[nH]ncc1-c1cc(F)c(F)cc1C=O. The van der Waals surface area contributed by atoms with Crippen molar-refractivity contribution in [3.8, 4) is 11.1 Å². The Morgan fingerprint density at radius 3 is 2.50 bits per heavy atom. The molecule has 0 spiro atoms. The van der Waals surface area contributed by atoms with Crippen molar-refractivity contribution in [2.45, 2.75) is 0 Å². The Hall–Kier alpha value is -2.24. The summed E-state index contributed by atoms with van der Waals surface area (Å²) in [6.07, 6.45) is 1.78. The monoisotopic (exact) mass is 223 g/mol. The molecular weight excluding hydrogens is 216 g/mol. The quantitative estimate of drug-likeness (QED) is 0.762. The number of aldehydes is 1. The molecule has 4 nitrogen and oxygen atoms in total. The number of H-pyrrole nitrogens is 1. The van der Waals surface area contributed by atoms with Crippen molar-refractivity contribution in [1.82, 2.24) is 10.2 Å². The molecule has 1 aromatic heterocycles. The van der Waals surface area contributed by atoms with E-state index in [9.17, 15) is 13.6 Å². The lowest BCUT2D eigenvalue weighted by Gasteiger charge is -2.04. The molecule has 0 aliphatic carbocycles. The van der Waals surface area contributed by atoms with Gasteiger partial charge < -0.3 is 5.73 Å². The summed E-state index contributed by atoms with van der Waals surface area (Å²) < 4.78 is 26.0. The highest BCUT2D eigenvalue weighted by Crippen LogP contribution is 2.28. The summed E-state index contributed by atoms with van der Waals surface area (Å²) in [4.78, 5) is 10.7. The van der Waals surface area contributed by atoms with Gasteiger partial charge in [-0.3, -0.25) is 9.89 Å². The number of halogens is 2. The van der Waals surface area contributed by atoms with Crippen LogP contribution in [0.15, 0.2) is 18.3 Å². The van der Waals surface area contributed by atoms with Gasteiger partial charge >= 0.3 is 0 Å². The Bertz CT molecular complexity index is 551. The zero-order valence-electron chi connectivity index (χ0n) is 8.00. The van der Waals surface area contributed by atoms with Gasteiger partial charge in [0.05, 0.1) is 6.20 Å². The Labute approximate surface area is 89.1 Å². The largest absolute Gasteiger partial charge is 0.384 e. The topological polar surface area (TPSA) is 71.8 Å². The van der Waals surface area contributed by atoms with Crippen molar-refractivity contribution in [1.29, 1.82) is 0 Å². The molecule has 0 radical (unpaired) electrons. The first kappa shape index (κ1) is 10.3. The molecule has 0 amide bonds. The van der Waals surface area contributed by atoms with Crippen LogP contribution in [0.2, 0.25) is 0 Å². The highest BCUT2D eigenvalue weighted by Gasteiger charge is 2.14. The lowest BCUT2D eigenvalue weighted by atomic mass is 10.0. The molecule has 2 aromatic rings. The van der Waals surface area contributed by atoms with E-state index >= 15 is 0 Å². The van der Waals surface area contributed by atoms with Crippen molar-refractivity contribution in [2.24, 2.45) is 0 Å². The lowest BCUT2D eigenvalue weighted by molar-refractivity contribution is 0.112. The number of hydrogen-bond acceptors (Lipinski definition) is 3. The molecule has 6 heteroatoms. The number of aromatic amines is 1. The van der Waals surface area contributed by atoms with Crippen LogP contribution in [0.25, 0.3) is 11.1 Å². The number of aromatic nitrogens is 2. The number of nitrogens with zero attached hydrogens (tertiary/aromatic N) is 1. The van der Waals surface area contributed by atoms with E-state index in [2.05, 4.69) is 10.2 Å². The van der Waals surface area contributed by atoms with Crippen LogP contribution in [0.1, 0.15) is 10.4 Å². The highest BCUT2D eigenvalue weighted by atomic mass is 19.2. The van der Waals surface area contributed by atoms with Crippen LogP contribution >= 0.6 is 0 Å². The maximum atomic E-state index is 13.1. The Morgan fingerprint density at radius 2 is 1.94 bits per heavy atom.